The van der Waals surface area contributed by atoms with Crippen molar-refractivity contribution in [2.45, 2.75) is 52.4 Å². The molecule has 3 heterocycles. The Hall–Kier alpha value is -1.83. The number of hydrogen-bond donors (Lipinski definition) is 1. The largest absolute Gasteiger partial charge is 0.297 e. The number of hydrogen-bond acceptors (Lipinski definition) is 5. The highest BCUT2D eigenvalue weighted by atomic mass is 32.1. The summed E-state index contributed by atoms with van der Waals surface area (Å²) in [4.78, 5) is 5.59. The predicted molar refractivity (Wildman–Crippen MR) is 112 cm³/mol. The third-order valence-electron chi connectivity index (χ3n) is 4.84. The van der Waals surface area contributed by atoms with Crippen molar-refractivity contribution in [1.82, 2.24) is 24.6 Å². The molecule has 0 amide bonds. The van der Waals surface area contributed by atoms with Gasteiger partial charge in [-0.3, -0.25) is 14.9 Å². The maximum absolute atomic E-state index is 5.78. The van der Waals surface area contributed by atoms with Crippen molar-refractivity contribution in [3.63, 3.8) is 0 Å². The van der Waals surface area contributed by atoms with Gasteiger partial charge in [0.25, 0.3) is 0 Å². The van der Waals surface area contributed by atoms with E-state index in [0.717, 1.165) is 16.2 Å². The van der Waals surface area contributed by atoms with E-state index < -0.39 is 0 Å². The zero-order valence-electron chi connectivity index (χ0n) is 15.9. The molecule has 0 bridgehead atoms. The molecule has 4 rings (SSSR count). The Kier molecular flexibility index (Phi) is 5.01. The SMILES string of the molecule is CC(C)(C)[C@H](NCn1nc(-c2cccnc2)n(C2CC2)c1=S)c1cccs1. The maximum Gasteiger partial charge on any atom is 0.199 e. The summed E-state index contributed by atoms with van der Waals surface area (Å²) in [6.07, 6.45) is 5.98. The molecular weight excluding hydrogens is 374 g/mol. The molecule has 1 aliphatic carbocycles. The van der Waals surface area contributed by atoms with Crippen molar-refractivity contribution in [2.24, 2.45) is 5.41 Å². The van der Waals surface area contributed by atoms with Crippen LogP contribution in [-0.4, -0.2) is 19.3 Å². The van der Waals surface area contributed by atoms with E-state index >= 15 is 0 Å². The van der Waals surface area contributed by atoms with Crippen LogP contribution in [0.2, 0.25) is 0 Å². The summed E-state index contributed by atoms with van der Waals surface area (Å²) in [5, 5.41) is 10.7. The van der Waals surface area contributed by atoms with Gasteiger partial charge in [-0.05, 0) is 54.1 Å². The first kappa shape index (κ1) is 18.5. The third-order valence-corrected chi connectivity index (χ3v) is 6.19. The first-order valence-electron chi connectivity index (χ1n) is 9.31. The van der Waals surface area contributed by atoms with Gasteiger partial charge in [-0.2, -0.15) is 5.10 Å². The van der Waals surface area contributed by atoms with E-state index in [1.165, 1.54) is 17.7 Å². The van der Waals surface area contributed by atoms with Gasteiger partial charge in [0.05, 0.1) is 6.67 Å². The van der Waals surface area contributed by atoms with Crippen molar-refractivity contribution in [3.05, 3.63) is 51.7 Å². The lowest BCUT2D eigenvalue weighted by molar-refractivity contribution is 0.255. The quantitative estimate of drug-likeness (QED) is 0.578. The van der Waals surface area contributed by atoms with Gasteiger partial charge in [0.2, 0.25) is 0 Å². The molecule has 1 fully saturated rings. The molecule has 0 aliphatic heterocycles. The second-order valence-electron chi connectivity index (χ2n) is 8.13. The maximum atomic E-state index is 5.78. The molecule has 1 aliphatic rings. The van der Waals surface area contributed by atoms with Crippen molar-refractivity contribution < 1.29 is 0 Å². The lowest BCUT2D eigenvalue weighted by Gasteiger charge is -2.30. The van der Waals surface area contributed by atoms with Crippen LogP contribution >= 0.6 is 23.6 Å². The van der Waals surface area contributed by atoms with Crippen molar-refractivity contribution >= 4 is 23.6 Å². The summed E-state index contributed by atoms with van der Waals surface area (Å²) in [6, 6.07) is 9.00. The zero-order chi connectivity index (χ0) is 19.0. The van der Waals surface area contributed by atoms with Gasteiger partial charge < -0.3 is 0 Å². The molecule has 27 heavy (non-hydrogen) atoms. The fraction of sp³-hybridized carbons (Fsp3) is 0.450. The fourth-order valence-corrected chi connectivity index (χ4v) is 4.73. The topological polar surface area (TPSA) is 47.7 Å². The van der Waals surface area contributed by atoms with Crippen molar-refractivity contribution in [1.29, 1.82) is 0 Å². The minimum absolute atomic E-state index is 0.0955. The van der Waals surface area contributed by atoms with Gasteiger partial charge >= 0.3 is 0 Å². The van der Waals surface area contributed by atoms with Gasteiger partial charge in [0.1, 0.15) is 0 Å². The van der Waals surface area contributed by atoms with Gasteiger partial charge in [-0.15, -0.1) is 11.3 Å². The Morgan fingerprint density at radius 1 is 1.30 bits per heavy atom. The van der Waals surface area contributed by atoms with E-state index in [1.54, 1.807) is 17.5 Å². The molecule has 3 aromatic rings. The van der Waals surface area contributed by atoms with Crippen LogP contribution in [0.3, 0.4) is 0 Å². The summed E-state index contributed by atoms with van der Waals surface area (Å²) < 4.78 is 4.90. The third kappa shape index (κ3) is 3.90. The monoisotopic (exact) mass is 399 g/mol. The Balaban J connectivity index is 1.64. The average Bonchev–Trinajstić information content (AvgIpc) is 3.22. The van der Waals surface area contributed by atoms with Gasteiger partial charge in [-0.1, -0.05) is 26.8 Å². The number of pyridine rings is 1. The van der Waals surface area contributed by atoms with E-state index in [0.29, 0.717) is 12.7 Å². The number of rotatable bonds is 6. The Morgan fingerprint density at radius 3 is 2.70 bits per heavy atom. The van der Waals surface area contributed by atoms with Crippen LogP contribution in [0, 0.1) is 10.2 Å². The van der Waals surface area contributed by atoms with E-state index in [-0.39, 0.29) is 11.5 Å². The van der Waals surface area contributed by atoms with E-state index in [9.17, 15) is 0 Å². The van der Waals surface area contributed by atoms with E-state index in [1.807, 2.05) is 23.0 Å². The molecule has 0 spiro atoms. The number of nitrogens with zero attached hydrogens (tertiary/aromatic N) is 4. The molecule has 142 valence electrons. The molecule has 1 saturated carbocycles. The van der Waals surface area contributed by atoms with Crippen molar-refractivity contribution in [3.8, 4) is 11.4 Å². The number of nitrogens with one attached hydrogen (secondary N) is 1. The predicted octanol–water partition coefficient (Wildman–Crippen LogP) is 5.21. The van der Waals surface area contributed by atoms with Crippen LogP contribution in [0.1, 0.15) is 50.6 Å². The van der Waals surface area contributed by atoms with Crippen molar-refractivity contribution in [2.75, 3.05) is 0 Å². The van der Waals surface area contributed by atoms with Crippen LogP contribution in [0.5, 0.6) is 0 Å². The Labute approximate surface area is 169 Å². The molecular formula is C20H25N5S2. The molecule has 0 aromatic carbocycles. The lowest BCUT2D eigenvalue weighted by Crippen LogP contribution is -2.33. The van der Waals surface area contributed by atoms with Crippen LogP contribution in [-0.2, 0) is 6.67 Å². The van der Waals surface area contributed by atoms with Crippen LogP contribution in [0.4, 0.5) is 0 Å². The minimum Gasteiger partial charge on any atom is -0.297 e. The first-order chi connectivity index (χ1) is 12.9. The summed E-state index contributed by atoms with van der Waals surface area (Å²) in [6.45, 7) is 7.36. The summed E-state index contributed by atoms with van der Waals surface area (Å²) >= 11 is 7.57. The summed E-state index contributed by atoms with van der Waals surface area (Å²) in [5.74, 6) is 0.917. The molecule has 7 heteroatoms. The van der Waals surface area contributed by atoms with Gasteiger partial charge in [-0.25, -0.2) is 4.68 Å². The zero-order valence-corrected chi connectivity index (χ0v) is 17.6. The summed E-state index contributed by atoms with van der Waals surface area (Å²) in [7, 11) is 0. The number of thiophene rings is 1. The standard InChI is InChI=1S/C20H25N5S2/c1-20(2,3)17(16-7-5-11-27-16)22-13-24-19(26)25(15-8-9-15)18(23-24)14-6-4-10-21-12-14/h4-7,10-12,15,17,22H,8-9,13H2,1-3H3/t17-/m1/s1. The molecule has 1 N–H and O–H groups in total. The minimum atomic E-state index is 0.0955. The Morgan fingerprint density at radius 2 is 2.11 bits per heavy atom. The highest BCUT2D eigenvalue weighted by Gasteiger charge is 2.30. The van der Waals surface area contributed by atoms with Crippen LogP contribution < -0.4 is 5.32 Å². The molecule has 0 saturated heterocycles. The van der Waals surface area contributed by atoms with Crippen LogP contribution in [0.15, 0.2) is 42.0 Å². The number of aromatic nitrogens is 4. The molecule has 1 atom stereocenters. The first-order valence-corrected chi connectivity index (χ1v) is 10.6. The van der Waals surface area contributed by atoms with Gasteiger partial charge in [0.15, 0.2) is 10.6 Å². The lowest BCUT2D eigenvalue weighted by atomic mass is 9.86. The fourth-order valence-electron chi connectivity index (χ4n) is 3.34. The highest BCUT2D eigenvalue weighted by Crippen LogP contribution is 2.39. The molecule has 3 aromatic heterocycles. The van der Waals surface area contributed by atoms with E-state index in [4.69, 9.17) is 17.3 Å². The molecule has 0 unspecified atom stereocenters. The van der Waals surface area contributed by atoms with Crippen LogP contribution in [0.25, 0.3) is 11.4 Å². The van der Waals surface area contributed by atoms with E-state index in [2.05, 4.69) is 53.2 Å². The second-order valence-corrected chi connectivity index (χ2v) is 9.47. The molecule has 5 nitrogen and oxygen atoms in total. The second kappa shape index (κ2) is 7.30. The smallest absolute Gasteiger partial charge is 0.199 e. The van der Waals surface area contributed by atoms with Gasteiger partial charge in [0, 0.05) is 34.9 Å². The Bertz CT molecular complexity index is 947. The highest BCUT2D eigenvalue weighted by molar-refractivity contribution is 7.71. The normalized spacial score (nSPS) is 15.8. The average molecular weight is 400 g/mol. The summed E-state index contributed by atoms with van der Waals surface area (Å²) in [5.41, 5.74) is 1.11. The molecule has 0 radical (unpaired) electrons.